The van der Waals surface area contributed by atoms with Gasteiger partial charge in [0.25, 0.3) is 5.69 Å². The van der Waals surface area contributed by atoms with Crippen LogP contribution in [0, 0.1) is 10.1 Å². The molecule has 3 aromatic rings. The van der Waals surface area contributed by atoms with Crippen LogP contribution < -0.4 is 10.3 Å². The molecule has 5 rings (SSSR count). The lowest BCUT2D eigenvalue weighted by Gasteiger charge is -2.36. The SMILES string of the molecule is C=C1NN=C(c2ccc(N3CCN(Cc4ccccc4)CC3)c([N+](=O)[O-])c2)c2ccccc21. The molecule has 2 aliphatic heterocycles. The second kappa shape index (κ2) is 8.88. The first-order valence-corrected chi connectivity index (χ1v) is 11.0. The summed E-state index contributed by atoms with van der Waals surface area (Å²) in [5, 5.41) is 16.4. The third kappa shape index (κ3) is 4.23. The normalized spacial score (nSPS) is 16.1. The second-order valence-electron chi connectivity index (χ2n) is 8.31. The third-order valence-electron chi connectivity index (χ3n) is 6.22. The molecule has 0 bridgehead atoms. The Hall–Kier alpha value is -3.97. The second-order valence-corrected chi connectivity index (χ2v) is 8.31. The summed E-state index contributed by atoms with van der Waals surface area (Å²) < 4.78 is 0. The average Bonchev–Trinajstić information content (AvgIpc) is 2.85. The van der Waals surface area contributed by atoms with Gasteiger partial charge in [-0.1, -0.05) is 67.2 Å². The Kier molecular flexibility index (Phi) is 5.62. The van der Waals surface area contributed by atoms with Crippen LogP contribution in [0.25, 0.3) is 5.70 Å². The largest absolute Gasteiger partial charge is 0.363 e. The highest BCUT2D eigenvalue weighted by Gasteiger charge is 2.26. The van der Waals surface area contributed by atoms with Gasteiger partial charge in [-0.05, 0) is 11.6 Å². The maximum atomic E-state index is 12.0. The predicted molar refractivity (Wildman–Crippen MR) is 131 cm³/mol. The summed E-state index contributed by atoms with van der Waals surface area (Å²) in [5.74, 6) is 0. The van der Waals surface area contributed by atoms with Crippen molar-refractivity contribution in [2.75, 3.05) is 31.1 Å². The molecular formula is C26H25N5O2. The molecule has 2 heterocycles. The average molecular weight is 440 g/mol. The summed E-state index contributed by atoms with van der Waals surface area (Å²) in [6, 6.07) is 23.6. The molecule has 2 aliphatic rings. The van der Waals surface area contributed by atoms with Gasteiger partial charge in [0.1, 0.15) is 5.69 Å². The highest BCUT2D eigenvalue weighted by atomic mass is 16.6. The van der Waals surface area contributed by atoms with Crippen molar-refractivity contribution in [3.05, 3.63) is 112 Å². The van der Waals surface area contributed by atoms with Crippen molar-refractivity contribution in [3.8, 4) is 0 Å². The van der Waals surface area contributed by atoms with Crippen molar-refractivity contribution in [2.24, 2.45) is 5.10 Å². The number of piperazine rings is 1. The number of hydrazone groups is 1. The van der Waals surface area contributed by atoms with Crippen LogP contribution >= 0.6 is 0 Å². The fourth-order valence-corrected chi connectivity index (χ4v) is 4.49. The van der Waals surface area contributed by atoms with Gasteiger partial charge in [-0.3, -0.25) is 20.4 Å². The molecule has 1 saturated heterocycles. The molecule has 1 N–H and O–H groups in total. The minimum atomic E-state index is -0.295. The molecular weight excluding hydrogens is 414 g/mol. The van der Waals surface area contributed by atoms with Gasteiger partial charge < -0.3 is 4.90 Å². The van der Waals surface area contributed by atoms with Crippen LogP contribution in [-0.4, -0.2) is 41.7 Å². The number of nitro groups is 1. The molecule has 3 aromatic carbocycles. The molecule has 0 saturated carbocycles. The van der Waals surface area contributed by atoms with E-state index in [4.69, 9.17) is 0 Å². The Morgan fingerprint density at radius 1 is 0.939 bits per heavy atom. The van der Waals surface area contributed by atoms with E-state index in [2.05, 4.69) is 51.2 Å². The fraction of sp³-hybridized carbons (Fsp3) is 0.192. The molecule has 0 aliphatic carbocycles. The Bertz CT molecular complexity index is 1230. The molecule has 7 heteroatoms. The summed E-state index contributed by atoms with van der Waals surface area (Å²) in [7, 11) is 0. The summed E-state index contributed by atoms with van der Waals surface area (Å²) in [6.07, 6.45) is 0. The number of benzene rings is 3. The topological polar surface area (TPSA) is 74.0 Å². The highest BCUT2D eigenvalue weighted by Crippen LogP contribution is 2.32. The van der Waals surface area contributed by atoms with Gasteiger partial charge in [0.05, 0.1) is 16.3 Å². The molecule has 0 aromatic heterocycles. The van der Waals surface area contributed by atoms with E-state index in [1.807, 2.05) is 42.5 Å². The third-order valence-corrected chi connectivity index (χ3v) is 6.22. The Labute approximate surface area is 192 Å². The van der Waals surface area contributed by atoms with Crippen molar-refractivity contribution in [1.29, 1.82) is 0 Å². The lowest BCUT2D eigenvalue weighted by Crippen LogP contribution is -2.46. The van der Waals surface area contributed by atoms with Crippen LogP contribution in [0.2, 0.25) is 0 Å². The molecule has 0 amide bonds. The zero-order valence-corrected chi connectivity index (χ0v) is 18.3. The molecule has 7 nitrogen and oxygen atoms in total. The van der Waals surface area contributed by atoms with Crippen LogP contribution in [-0.2, 0) is 6.54 Å². The first-order chi connectivity index (χ1) is 16.1. The van der Waals surface area contributed by atoms with E-state index in [1.165, 1.54) is 5.56 Å². The van der Waals surface area contributed by atoms with Crippen molar-refractivity contribution in [3.63, 3.8) is 0 Å². The smallest absolute Gasteiger partial charge is 0.293 e. The zero-order chi connectivity index (χ0) is 22.8. The molecule has 33 heavy (non-hydrogen) atoms. The Balaban J connectivity index is 1.37. The molecule has 0 atom stereocenters. The lowest BCUT2D eigenvalue weighted by atomic mass is 9.94. The van der Waals surface area contributed by atoms with E-state index in [9.17, 15) is 10.1 Å². The predicted octanol–water partition coefficient (Wildman–Crippen LogP) is 4.24. The Morgan fingerprint density at radius 2 is 1.64 bits per heavy atom. The highest BCUT2D eigenvalue weighted by molar-refractivity contribution is 6.16. The van der Waals surface area contributed by atoms with Crippen LogP contribution in [0.1, 0.15) is 22.3 Å². The van der Waals surface area contributed by atoms with Gasteiger partial charge in [-0.15, -0.1) is 0 Å². The number of fused-ring (bicyclic) bond motifs is 1. The summed E-state index contributed by atoms with van der Waals surface area (Å²) in [4.78, 5) is 16.2. The van der Waals surface area contributed by atoms with E-state index in [1.54, 1.807) is 6.07 Å². The number of hydrogen-bond donors (Lipinski definition) is 1. The number of hydrogen-bond acceptors (Lipinski definition) is 6. The van der Waals surface area contributed by atoms with E-state index in [-0.39, 0.29) is 10.6 Å². The molecule has 166 valence electrons. The molecule has 1 fully saturated rings. The standard InChI is InChI=1S/C26H25N5O2/c1-19-22-9-5-6-10-23(22)26(28-27-19)21-11-12-24(25(17-21)31(32)33)30-15-13-29(14-16-30)18-20-7-3-2-4-8-20/h2-12,17,27H,1,13-16,18H2. The first-order valence-electron chi connectivity index (χ1n) is 11.0. The van der Waals surface area contributed by atoms with E-state index < -0.39 is 0 Å². The summed E-state index contributed by atoms with van der Waals surface area (Å²) >= 11 is 0. The first kappa shape index (κ1) is 20.9. The molecule has 0 spiro atoms. The molecule has 0 radical (unpaired) electrons. The quantitative estimate of drug-likeness (QED) is 0.475. The van der Waals surface area contributed by atoms with E-state index in [0.29, 0.717) is 22.7 Å². The minimum Gasteiger partial charge on any atom is -0.363 e. The van der Waals surface area contributed by atoms with Gasteiger partial charge in [0.15, 0.2) is 0 Å². The number of nitrogens with zero attached hydrogens (tertiary/aromatic N) is 4. The summed E-state index contributed by atoms with van der Waals surface area (Å²) in [5.41, 5.74) is 8.96. The van der Waals surface area contributed by atoms with Gasteiger partial charge in [-0.25, -0.2) is 0 Å². The summed E-state index contributed by atoms with van der Waals surface area (Å²) in [6.45, 7) is 8.11. The number of anilines is 1. The maximum absolute atomic E-state index is 12.0. The molecule has 0 unspecified atom stereocenters. The van der Waals surface area contributed by atoms with Crippen LogP contribution in [0.3, 0.4) is 0 Å². The number of nitrogens with one attached hydrogen (secondary N) is 1. The van der Waals surface area contributed by atoms with Crippen molar-refractivity contribution in [1.82, 2.24) is 10.3 Å². The van der Waals surface area contributed by atoms with E-state index in [0.717, 1.165) is 43.9 Å². The van der Waals surface area contributed by atoms with Crippen LogP contribution in [0.15, 0.2) is 84.5 Å². The van der Waals surface area contributed by atoms with Gasteiger partial charge in [-0.2, -0.15) is 5.10 Å². The zero-order valence-electron chi connectivity index (χ0n) is 18.3. The lowest BCUT2D eigenvalue weighted by molar-refractivity contribution is -0.384. The number of nitro benzene ring substituents is 1. The maximum Gasteiger partial charge on any atom is 0.293 e. The van der Waals surface area contributed by atoms with Gasteiger partial charge >= 0.3 is 0 Å². The van der Waals surface area contributed by atoms with Gasteiger partial charge in [0.2, 0.25) is 0 Å². The monoisotopic (exact) mass is 439 g/mol. The van der Waals surface area contributed by atoms with Crippen LogP contribution in [0.5, 0.6) is 0 Å². The fourth-order valence-electron chi connectivity index (χ4n) is 4.49. The Morgan fingerprint density at radius 3 is 2.36 bits per heavy atom. The van der Waals surface area contributed by atoms with Crippen molar-refractivity contribution < 1.29 is 4.92 Å². The van der Waals surface area contributed by atoms with Gasteiger partial charge in [0, 0.05) is 55.5 Å². The number of rotatable bonds is 5. The van der Waals surface area contributed by atoms with Crippen LogP contribution in [0.4, 0.5) is 11.4 Å². The van der Waals surface area contributed by atoms with E-state index >= 15 is 0 Å². The van der Waals surface area contributed by atoms with Crippen molar-refractivity contribution in [2.45, 2.75) is 6.54 Å². The minimum absolute atomic E-state index is 0.105. The van der Waals surface area contributed by atoms with Crippen molar-refractivity contribution >= 4 is 22.8 Å².